The van der Waals surface area contributed by atoms with Gasteiger partial charge in [-0.3, -0.25) is 0 Å². The molecule has 4 rings (SSSR count). The van der Waals surface area contributed by atoms with Crippen LogP contribution in [-0.4, -0.2) is 34.8 Å². The van der Waals surface area contributed by atoms with E-state index < -0.39 is 48.1 Å². The van der Waals surface area contributed by atoms with Gasteiger partial charge in [-0.25, -0.2) is 27.5 Å². The van der Waals surface area contributed by atoms with Crippen LogP contribution in [0.1, 0.15) is 62.8 Å². The molecular weight excluding hydrogens is 469 g/mol. The van der Waals surface area contributed by atoms with Crippen molar-refractivity contribution in [1.29, 1.82) is 0 Å². The van der Waals surface area contributed by atoms with Gasteiger partial charge < -0.3 is 16.4 Å². The van der Waals surface area contributed by atoms with E-state index >= 15 is 0 Å². The van der Waals surface area contributed by atoms with Gasteiger partial charge in [0.2, 0.25) is 23.8 Å². The third-order valence-corrected chi connectivity index (χ3v) is 6.62. The van der Waals surface area contributed by atoms with Crippen LogP contribution in [-0.2, 0) is 11.8 Å². The summed E-state index contributed by atoms with van der Waals surface area (Å²) in [7, 11) is 0. The lowest BCUT2D eigenvalue weighted by Crippen LogP contribution is -2.60. The monoisotopic (exact) mass is 494 g/mol. The topological polar surface area (TPSA) is 87.7 Å². The third-order valence-electron chi connectivity index (χ3n) is 6.62. The summed E-state index contributed by atoms with van der Waals surface area (Å²) in [4.78, 5) is 12.1. The van der Waals surface area contributed by atoms with Crippen LogP contribution in [0.25, 0.3) is 0 Å². The van der Waals surface area contributed by atoms with Crippen molar-refractivity contribution < 1.29 is 30.7 Å². The van der Waals surface area contributed by atoms with Gasteiger partial charge in [-0.05, 0) is 37.8 Å². The lowest BCUT2D eigenvalue weighted by molar-refractivity contribution is -0.141. The lowest BCUT2D eigenvalue weighted by atomic mass is 9.76. The van der Waals surface area contributed by atoms with Gasteiger partial charge in [0.05, 0.1) is 5.69 Å². The molecule has 6 nitrogen and oxygen atoms in total. The van der Waals surface area contributed by atoms with Crippen LogP contribution in [0.4, 0.5) is 30.7 Å². The SMILES string of the molecule is NC1=NC(c2cccc(C(F)(F)F)n2)(C2CCC(F)(F)CC2)NC(NC2CCC(F)(F)CC2)=N1. The summed E-state index contributed by atoms with van der Waals surface area (Å²) in [6, 6.07) is 2.92. The number of aromatic nitrogens is 1. The molecule has 0 aromatic carbocycles. The van der Waals surface area contributed by atoms with E-state index in [4.69, 9.17) is 5.73 Å². The molecule has 0 amide bonds. The molecule has 2 fully saturated rings. The van der Waals surface area contributed by atoms with Crippen molar-refractivity contribution in [3.63, 3.8) is 0 Å². The molecule has 188 valence electrons. The third kappa shape index (κ3) is 5.22. The number of hydrogen-bond donors (Lipinski definition) is 3. The highest BCUT2D eigenvalue weighted by molar-refractivity contribution is 5.96. The molecule has 1 aliphatic heterocycles. The van der Waals surface area contributed by atoms with Crippen molar-refractivity contribution in [3.8, 4) is 0 Å². The highest BCUT2D eigenvalue weighted by Gasteiger charge is 2.50. The Hall–Kier alpha value is -2.60. The Morgan fingerprint density at radius 1 is 0.941 bits per heavy atom. The van der Waals surface area contributed by atoms with Gasteiger partial charge in [0, 0.05) is 37.6 Å². The number of alkyl halides is 7. The van der Waals surface area contributed by atoms with Crippen LogP contribution in [0.5, 0.6) is 0 Å². The molecule has 1 unspecified atom stereocenters. The van der Waals surface area contributed by atoms with E-state index in [1.807, 2.05) is 0 Å². The zero-order valence-electron chi connectivity index (χ0n) is 18.1. The van der Waals surface area contributed by atoms with Gasteiger partial charge in [-0.2, -0.15) is 18.2 Å². The molecule has 1 aromatic rings. The van der Waals surface area contributed by atoms with Gasteiger partial charge in [-0.1, -0.05) is 6.07 Å². The number of halogens is 7. The standard InChI is InChI=1S/C21H25F7N6/c22-18(23)8-4-12(5-9-18)20(14-2-1-3-15(31-14)21(26,27)28)33-16(29)32-17(34-20)30-13-6-10-19(24,25)11-7-13/h1-3,12-13H,4-11H2,(H4,29,30,32,33,34). The largest absolute Gasteiger partial charge is 0.433 e. The van der Waals surface area contributed by atoms with E-state index in [0.717, 1.165) is 6.07 Å². The Morgan fingerprint density at radius 2 is 1.53 bits per heavy atom. The van der Waals surface area contributed by atoms with Crippen LogP contribution < -0.4 is 16.4 Å². The van der Waals surface area contributed by atoms with Crippen molar-refractivity contribution >= 4 is 11.9 Å². The Kier molecular flexibility index (Phi) is 6.17. The number of pyridine rings is 1. The Balaban J connectivity index is 1.67. The van der Waals surface area contributed by atoms with Gasteiger partial charge in [0.15, 0.2) is 5.66 Å². The van der Waals surface area contributed by atoms with Crippen LogP contribution in [0.3, 0.4) is 0 Å². The number of hydrogen-bond acceptors (Lipinski definition) is 6. The molecule has 2 aliphatic carbocycles. The van der Waals surface area contributed by atoms with Crippen LogP contribution in [0.15, 0.2) is 28.2 Å². The molecule has 34 heavy (non-hydrogen) atoms. The van der Waals surface area contributed by atoms with Gasteiger partial charge >= 0.3 is 6.18 Å². The first-order valence-corrected chi connectivity index (χ1v) is 11.1. The van der Waals surface area contributed by atoms with E-state index in [0.29, 0.717) is 0 Å². The molecule has 1 atom stereocenters. The summed E-state index contributed by atoms with van der Waals surface area (Å²) in [5.74, 6) is -6.53. The maximum absolute atomic E-state index is 13.9. The summed E-state index contributed by atoms with van der Waals surface area (Å²) in [6.45, 7) is 0. The predicted octanol–water partition coefficient (Wildman–Crippen LogP) is 4.52. The Bertz CT molecular complexity index is 957. The first-order chi connectivity index (χ1) is 15.8. The molecule has 13 heteroatoms. The summed E-state index contributed by atoms with van der Waals surface area (Å²) in [5.41, 5.74) is 2.96. The van der Waals surface area contributed by atoms with E-state index in [-0.39, 0.29) is 62.2 Å². The van der Waals surface area contributed by atoms with E-state index in [2.05, 4.69) is 25.6 Å². The fourth-order valence-electron chi connectivity index (χ4n) is 4.79. The van der Waals surface area contributed by atoms with Crippen LogP contribution >= 0.6 is 0 Å². The molecule has 2 heterocycles. The smallest absolute Gasteiger partial charge is 0.368 e. The normalized spacial score (nSPS) is 28.0. The van der Waals surface area contributed by atoms with Crippen molar-refractivity contribution in [2.24, 2.45) is 21.6 Å². The number of guanidine groups is 2. The van der Waals surface area contributed by atoms with Gasteiger partial charge in [-0.15, -0.1) is 0 Å². The molecule has 0 spiro atoms. The van der Waals surface area contributed by atoms with Crippen LogP contribution in [0, 0.1) is 5.92 Å². The maximum atomic E-state index is 13.9. The van der Waals surface area contributed by atoms with Gasteiger partial charge in [0.1, 0.15) is 5.69 Å². The van der Waals surface area contributed by atoms with Crippen molar-refractivity contribution in [2.45, 2.75) is 81.1 Å². The molecular formula is C21H25F7N6. The number of rotatable bonds is 3. The zero-order valence-corrected chi connectivity index (χ0v) is 18.1. The van der Waals surface area contributed by atoms with Crippen LogP contribution in [0.2, 0.25) is 0 Å². The molecule has 4 N–H and O–H groups in total. The second-order valence-electron chi connectivity index (χ2n) is 9.13. The lowest BCUT2D eigenvalue weighted by Gasteiger charge is -2.44. The van der Waals surface area contributed by atoms with E-state index in [1.165, 1.54) is 12.1 Å². The molecule has 0 bridgehead atoms. The highest BCUT2D eigenvalue weighted by Crippen LogP contribution is 2.46. The second kappa shape index (κ2) is 8.56. The molecule has 2 saturated carbocycles. The first-order valence-electron chi connectivity index (χ1n) is 11.1. The zero-order chi connectivity index (χ0) is 24.8. The van der Waals surface area contributed by atoms with Gasteiger partial charge in [0.25, 0.3) is 0 Å². The minimum absolute atomic E-state index is 0.0410. The molecule has 3 aliphatic rings. The van der Waals surface area contributed by atoms with E-state index in [9.17, 15) is 30.7 Å². The average Bonchev–Trinajstić information content (AvgIpc) is 2.74. The Morgan fingerprint density at radius 3 is 2.12 bits per heavy atom. The summed E-state index contributed by atoms with van der Waals surface area (Å²) in [5, 5.41) is 5.96. The number of aliphatic imine (C=N–C) groups is 2. The predicted molar refractivity (Wildman–Crippen MR) is 110 cm³/mol. The molecule has 0 radical (unpaired) electrons. The first kappa shape index (κ1) is 24.5. The maximum Gasteiger partial charge on any atom is 0.433 e. The second-order valence-corrected chi connectivity index (χ2v) is 9.13. The number of nitrogens with one attached hydrogen (secondary N) is 2. The summed E-state index contributed by atoms with van der Waals surface area (Å²) < 4.78 is 95.0. The fourth-order valence-corrected chi connectivity index (χ4v) is 4.79. The Labute approximate surface area is 191 Å². The fraction of sp³-hybridized carbons (Fsp3) is 0.667. The van der Waals surface area contributed by atoms with Crippen molar-refractivity contribution in [2.75, 3.05) is 0 Å². The number of nitrogens with two attached hydrogens (primary N) is 1. The van der Waals surface area contributed by atoms with Crippen molar-refractivity contribution in [3.05, 3.63) is 29.6 Å². The van der Waals surface area contributed by atoms with Crippen molar-refractivity contribution in [1.82, 2.24) is 15.6 Å². The highest BCUT2D eigenvalue weighted by atomic mass is 19.4. The minimum Gasteiger partial charge on any atom is -0.368 e. The summed E-state index contributed by atoms with van der Waals surface area (Å²) >= 11 is 0. The quantitative estimate of drug-likeness (QED) is 0.540. The number of nitrogens with zero attached hydrogens (tertiary/aromatic N) is 3. The van der Waals surface area contributed by atoms with E-state index in [1.54, 1.807) is 0 Å². The molecule has 0 saturated heterocycles. The summed E-state index contributed by atoms with van der Waals surface area (Å²) in [6.07, 6.45) is -6.10. The minimum atomic E-state index is -4.73. The molecule has 1 aromatic heterocycles. The average molecular weight is 494 g/mol.